The lowest BCUT2D eigenvalue weighted by molar-refractivity contribution is -0.0811. The van der Waals surface area contributed by atoms with Crippen LogP contribution in [0.5, 0.6) is 0 Å². The first-order valence-corrected chi connectivity index (χ1v) is 5.45. The molecule has 0 N–H and O–H groups in total. The Bertz CT molecular complexity index is 139. The van der Waals surface area contributed by atoms with E-state index < -0.39 is 0 Å². The predicted molar refractivity (Wildman–Crippen MR) is 55.9 cm³/mol. The molecular weight excluding hydrogens is 162 g/mol. The second-order valence-corrected chi connectivity index (χ2v) is 4.75. The lowest BCUT2D eigenvalue weighted by atomic mass is 10.1. The second-order valence-electron chi connectivity index (χ2n) is 4.75. The van der Waals surface area contributed by atoms with Crippen LogP contribution >= 0.6 is 0 Å². The minimum atomic E-state index is 0.386. The fraction of sp³-hybridized carbons (Fsp3) is 1.00. The van der Waals surface area contributed by atoms with E-state index in [1.54, 1.807) is 0 Å². The fourth-order valence-electron chi connectivity index (χ4n) is 1.62. The first-order valence-electron chi connectivity index (χ1n) is 5.45. The van der Waals surface area contributed by atoms with Crippen molar-refractivity contribution in [3.63, 3.8) is 0 Å². The zero-order valence-corrected chi connectivity index (χ0v) is 9.42. The standard InChI is InChI=1S/C11H23NO/c1-9(2)5-6-12-7-11(8-12)13-10(3)4/h9-11H,5-8H2,1-4H3. The van der Waals surface area contributed by atoms with Gasteiger partial charge in [0.2, 0.25) is 0 Å². The van der Waals surface area contributed by atoms with Gasteiger partial charge in [-0.15, -0.1) is 0 Å². The first kappa shape index (κ1) is 11.0. The second kappa shape index (κ2) is 4.97. The molecule has 0 aromatic rings. The van der Waals surface area contributed by atoms with Crippen molar-refractivity contribution in [1.82, 2.24) is 4.90 Å². The summed E-state index contributed by atoms with van der Waals surface area (Å²) in [5.41, 5.74) is 0. The number of hydrogen-bond donors (Lipinski definition) is 0. The zero-order chi connectivity index (χ0) is 9.84. The Morgan fingerprint density at radius 2 is 1.85 bits per heavy atom. The summed E-state index contributed by atoms with van der Waals surface area (Å²) in [7, 11) is 0. The zero-order valence-electron chi connectivity index (χ0n) is 9.42. The van der Waals surface area contributed by atoms with Crippen LogP contribution in [0.3, 0.4) is 0 Å². The van der Waals surface area contributed by atoms with Gasteiger partial charge in [-0.2, -0.15) is 0 Å². The molecule has 0 saturated carbocycles. The van der Waals surface area contributed by atoms with Crippen LogP contribution in [-0.2, 0) is 4.74 Å². The molecule has 1 heterocycles. The van der Waals surface area contributed by atoms with Gasteiger partial charge < -0.3 is 4.74 Å². The van der Waals surface area contributed by atoms with Crippen molar-refractivity contribution >= 4 is 0 Å². The highest BCUT2D eigenvalue weighted by molar-refractivity contribution is 4.80. The number of likely N-dealkylation sites (tertiary alicyclic amines) is 1. The number of ether oxygens (including phenoxy) is 1. The van der Waals surface area contributed by atoms with E-state index in [9.17, 15) is 0 Å². The van der Waals surface area contributed by atoms with Gasteiger partial charge in [0.05, 0.1) is 12.2 Å². The molecule has 13 heavy (non-hydrogen) atoms. The number of nitrogens with zero attached hydrogens (tertiary/aromatic N) is 1. The molecule has 0 amide bonds. The highest BCUT2D eigenvalue weighted by Gasteiger charge is 2.27. The van der Waals surface area contributed by atoms with Gasteiger partial charge in [0.25, 0.3) is 0 Å². The maximum atomic E-state index is 5.68. The highest BCUT2D eigenvalue weighted by Crippen LogP contribution is 2.15. The smallest absolute Gasteiger partial charge is 0.0832 e. The van der Waals surface area contributed by atoms with Gasteiger partial charge in [0.15, 0.2) is 0 Å². The molecule has 1 rings (SSSR count). The van der Waals surface area contributed by atoms with Crippen molar-refractivity contribution in [3.05, 3.63) is 0 Å². The van der Waals surface area contributed by atoms with Crippen LogP contribution < -0.4 is 0 Å². The summed E-state index contributed by atoms with van der Waals surface area (Å²) in [4.78, 5) is 2.48. The number of rotatable bonds is 5. The Kier molecular flexibility index (Phi) is 4.20. The van der Waals surface area contributed by atoms with E-state index in [1.165, 1.54) is 13.0 Å². The largest absolute Gasteiger partial charge is 0.373 e. The summed E-state index contributed by atoms with van der Waals surface area (Å²) in [6.07, 6.45) is 2.21. The van der Waals surface area contributed by atoms with Crippen LogP contribution in [0.4, 0.5) is 0 Å². The maximum Gasteiger partial charge on any atom is 0.0832 e. The fourth-order valence-corrected chi connectivity index (χ4v) is 1.62. The molecule has 1 fully saturated rings. The summed E-state index contributed by atoms with van der Waals surface area (Å²) in [6, 6.07) is 0. The molecule has 0 bridgehead atoms. The third-order valence-corrected chi connectivity index (χ3v) is 2.41. The van der Waals surface area contributed by atoms with Crippen LogP contribution in [0.2, 0.25) is 0 Å². The van der Waals surface area contributed by atoms with E-state index in [1.807, 2.05) is 0 Å². The lowest BCUT2D eigenvalue weighted by Gasteiger charge is -2.40. The summed E-state index contributed by atoms with van der Waals surface area (Å²) < 4.78 is 5.68. The van der Waals surface area contributed by atoms with Crippen molar-refractivity contribution in [2.45, 2.75) is 46.3 Å². The van der Waals surface area contributed by atoms with Gasteiger partial charge >= 0.3 is 0 Å². The van der Waals surface area contributed by atoms with Crippen LogP contribution in [0.25, 0.3) is 0 Å². The molecule has 0 aromatic carbocycles. The van der Waals surface area contributed by atoms with Crippen LogP contribution in [-0.4, -0.2) is 36.7 Å². The van der Waals surface area contributed by atoms with E-state index >= 15 is 0 Å². The van der Waals surface area contributed by atoms with E-state index in [-0.39, 0.29) is 0 Å². The van der Waals surface area contributed by atoms with Crippen molar-refractivity contribution in [2.24, 2.45) is 5.92 Å². The Balaban J connectivity index is 1.98. The Hall–Kier alpha value is -0.0800. The summed E-state index contributed by atoms with van der Waals surface area (Å²) in [5, 5.41) is 0. The minimum Gasteiger partial charge on any atom is -0.373 e. The normalized spacial score (nSPS) is 19.8. The van der Waals surface area contributed by atoms with Gasteiger partial charge in [0, 0.05) is 13.1 Å². The molecule has 0 atom stereocenters. The van der Waals surface area contributed by atoms with E-state index in [0.29, 0.717) is 12.2 Å². The third kappa shape index (κ3) is 4.10. The Labute approximate surface area is 82.3 Å². The SMILES string of the molecule is CC(C)CCN1CC(OC(C)C)C1. The van der Waals surface area contributed by atoms with Crippen molar-refractivity contribution in [3.8, 4) is 0 Å². The average Bonchev–Trinajstić information content (AvgIpc) is 1.92. The average molecular weight is 185 g/mol. The molecule has 1 aliphatic rings. The molecule has 0 aromatic heterocycles. The molecule has 2 nitrogen and oxygen atoms in total. The lowest BCUT2D eigenvalue weighted by Crippen LogP contribution is -2.53. The highest BCUT2D eigenvalue weighted by atomic mass is 16.5. The molecule has 0 spiro atoms. The quantitative estimate of drug-likeness (QED) is 0.650. The maximum absolute atomic E-state index is 5.68. The van der Waals surface area contributed by atoms with Gasteiger partial charge in [-0.3, -0.25) is 4.90 Å². The van der Waals surface area contributed by atoms with E-state index in [2.05, 4.69) is 32.6 Å². The Morgan fingerprint density at radius 3 is 2.31 bits per heavy atom. The van der Waals surface area contributed by atoms with Gasteiger partial charge in [0.1, 0.15) is 0 Å². The van der Waals surface area contributed by atoms with Gasteiger partial charge in [-0.05, 0) is 32.7 Å². The first-order chi connectivity index (χ1) is 6.08. The molecule has 0 aliphatic carbocycles. The molecule has 1 aliphatic heterocycles. The topological polar surface area (TPSA) is 12.5 Å². The monoisotopic (exact) mass is 185 g/mol. The van der Waals surface area contributed by atoms with Crippen LogP contribution in [0, 0.1) is 5.92 Å². The van der Waals surface area contributed by atoms with Gasteiger partial charge in [-0.1, -0.05) is 13.8 Å². The van der Waals surface area contributed by atoms with Crippen molar-refractivity contribution in [1.29, 1.82) is 0 Å². The van der Waals surface area contributed by atoms with E-state index in [0.717, 1.165) is 19.0 Å². The molecular formula is C11H23NO. The summed E-state index contributed by atoms with van der Waals surface area (Å²) in [5.74, 6) is 0.824. The molecule has 1 saturated heterocycles. The van der Waals surface area contributed by atoms with Crippen molar-refractivity contribution in [2.75, 3.05) is 19.6 Å². The van der Waals surface area contributed by atoms with Gasteiger partial charge in [-0.25, -0.2) is 0 Å². The van der Waals surface area contributed by atoms with Crippen molar-refractivity contribution < 1.29 is 4.74 Å². The Morgan fingerprint density at radius 1 is 1.23 bits per heavy atom. The van der Waals surface area contributed by atoms with E-state index in [4.69, 9.17) is 4.74 Å². The molecule has 0 unspecified atom stereocenters. The van der Waals surface area contributed by atoms with Crippen LogP contribution in [0.1, 0.15) is 34.1 Å². The molecule has 78 valence electrons. The predicted octanol–water partition coefficient (Wildman–Crippen LogP) is 2.14. The minimum absolute atomic E-state index is 0.386. The molecule has 2 heteroatoms. The van der Waals surface area contributed by atoms with Crippen LogP contribution in [0.15, 0.2) is 0 Å². The third-order valence-electron chi connectivity index (χ3n) is 2.41. The molecule has 0 radical (unpaired) electrons. The summed E-state index contributed by atoms with van der Waals surface area (Å²) in [6.45, 7) is 12.3. The number of hydrogen-bond acceptors (Lipinski definition) is 2. The summed E-state index contributed by atoms with van der Waals surface area (Å²) >= 11 is 0.